The van der Waals surface area contributed by atoms with Crippen LogP contribution in [0.4, 0.5) is 18.3 Å². The largest absolute Gasteiger partial charge is 0.492 e. The van der Waals surface area contributed by atoms with E-state index in [0.717, 1.165) is 29.9 Å². The zero-order valence-electron chi connectivity index (χ0n) is 18.7. The number of carbonyl (C=O) groups is 1. The van der Waals surface area contributed by atoms with Crippen molar-refractivity contribution in [2.45, 2.75) is 26.9 Å². The van der Waals surface area contributed by atoms with Gasteiger partial charge < -0.3 is 9.64 Å². The van der Waals surface area contributed by atoms with Crippen molar-refractivity contribution >= 4 is 45.0 Å². The van der Waals surface area contributed by atoms with E-state index in [9.17, 15) is 18.0 Å². The van der Waals surface area contributed by atoms with Crippen LogP contribution in [0.5, 0.6) is 5.75 Å². The lowest BCUT2D eigenvalue weighted by Crippen LogP contribution is -2.39. The average molecular weight is 502 g/mol. The van der Waals surface area contributed by atoms with Crippen molar-refractivity contribution in [1.29, 1.82) is 0 Å². The first-order valence-corrected chi connectivity index (χ1v) is 11.3. The zero-order chi connectivity index (χ0) is 23.3. The smallest absolute Gasteiger partial charge is 0.416 e. The van der Waals surface area contributed by atoms with E-state index in [1.54, 1.807) is 0 Å². The standard InChI is InChI=1S/C23H26F3N3O2S.ClH/c1-4-28(5-2)13-14-29(21(30)16-9-7-10-17(15-16)23(24,25)26)22-27-20-18(31-6-3)11-8-12-19(20)32-22;/h7-12,15H,4-6,13-14H2,1-3H3;1H. The summed E-state index contributed by atoms with van der Waals surface area (Å²) in [6.07, 6.45) is -4.52. The second-order valence-electron chi connectivity index (χ2n) is 7.09. The number of amides is 1. The minimum Gasteiger partial charge on any atom is -0.492 e. The first-order valence-electron chi connectivity index (χ1n) is 10.5. The Morgan fingerprint density at radius 2 is 1.76 bits per heavy atom. The third-order valence-corrected chi connectivity index (χ3v) is 6.16. The fourth-order valence-corrected chi connectivity index (χ4v) is 4.36. The van der Waals surface area contributed by atoms with Crippen molar-refractivity contribution in [2.75, 3.05) is 37.7 Å². The molecule has 0 aliphatic heterocycles. The average Bonchev–Trinajstić information content (AvgIpc) is 3.21. The lowest BCUT2D eigenvalue weighted by Gasteiger charge is -2.25. The number of hydrogen-bond acceptors (Lipinski definition) is 5. The molecule has 2 aromatic carbocycles. The molecule has 33 heavy (non-hydrogen) atoms. The van der Waals surface area contributed by atoms with Gasteiger partial charge in [0.1, 0.15) is 11.3 Å². The molecule has 1 amide bonds. The summed E-state index contributed by atoms with van der Waals surface area (Å²) in [6, 6.07) is 10.1. The Bertz CT molecular complexity index is 1070. The molecule has 0 aliphatic rings. The minimum atomic E-state index is -4.52. The number of hydrogen-bond donors (Lipinski definition) is 0. The summed E-state index contributed by atoms with van der Waals surface area (Å²) in [5.74, 6) is 0.1000. The van der Waals surface area contributed by atoms with E-state index in [2.05, 4.69) is 9.88 Å². The highest BCUT2D eigenvalue weighted by molar-refractivity contribution is 7.22. The van der Waals surface area contributed by atoms with Gasteiger partial charge in [0.15, 0.2) is 5.13 Å². The van der Waals surface area contributed by atoms with Gasteiger partial charge in [0.2, 0.25) is 0 Å². The number of benzene rings is 2. The number of ether oxygens (including phenoxy) is 1. The summed E-state index contributed by atoms with van der Waals surface area (Å²) in [6.45, 7) is 8.88. The summed E-state index contributed by atoms with van der Waals surface area (Å²) in [4.78, 5) is 21.6. The van der Waals surface area contributed by atoms with Gasteiger partial charge in [-0.15, -0.1) is 12.4 Å². The maximum Gasteiger partial charge on any atom is 0.416 e. The molecule has 1 aromatic heterocycles. The Labute approximate surface area is 201 Å². The Morgan fingerprint density at radius 3 is 2.39 bits per heavy atom. The molecule has 0 saturated carbocycles. The van der Waals surface area contributed by atoms with Crippen LogP contribution < -0.4 is 9.64 Å². The van der Waals surface area contributed by atoms with E-state index in [0.29, 0.717) is 36.1 Å². The van der Waals surface area contributed by atoms with Crippen LogP contribution in [0.1, 0.15) is 36.7 Å². The summed E-state index contributed by atoms with van der Waals surface area (Å²) >= 11 is 1.32. The number of anilines is 1. The Kier molecular flexibility index (Phi) is 9.51. The fourth-order valence-electron chi connectivity index (χ4n) is 3.35. The van der Waals surface area contributed by atoms with Gasteiger partial charge in [0.05, 0.1) is 16.9 Å². The van der Waals surface area contributed by atoms with E-state index in [1.807, 2.05) is 39.0 Å². The van der Waals surface area contributed by atoms with Crippen LogP contribution in [0.25, 0.3) is 10.2 Å². The molecule has 0 aliphatic carbocycles. The monoisotopic (exact) mass is 501 g/mol. The van der Waals surface area contributed by atoms with Crippen molar-refractivity contribution in [2.24, 2.45) is 0 Å². The molecular formula is C23H27ClF3N3O2S. The highest BCUT2D eigenvalue weighted by Crippen LogP contribution is 2.35. The van der Waals surface area contributed by atoms with Crippen LogP contribution >= 0.6 is 23.7 Å². The van der Waals surface area contributed by atoms with Crippen molar-refractivity contribution in [3.63, 3.8) is 0 Å². The van der Waals surface area contributed by atoms with Gasteiger partial charge in [-0.3, -0.25) is 9.69 Å². The van der Waals surface area contributed by atoms with Gasteiger partial charge >= 0.3 is 6.18 Å². The number of halogens is 4. The second-order valence-corrected chi connectivity index (χ2v) is 8.10. The molecule has 180 valence electrons. The van der Waals surface area contributed by atoms with Crippen LogP contribution in [0, 0.1) is 0 Å². The number of rotatable bonds is 9. The Balaban J connectivity index is 0.00000385. The van der Waals surface area contributed by atoms with E-state index in [-0.39, 0.29) is 18.0 Å². The SMILES string of the molecule is CCOc1cccc2sc(N(CCN(CC)CC)C(=O)c3cccc(C(F)(F)F)c3)nc12.Cl. The second kappa shape index (κ2) is 11.7. The van der Waals surface area contributed by atoms with Crippen molar-refractivity contribution < 1.29 is 22.7 Å². The molecule has 0 bridgehead atoms. The van der Waals surface area contributed by atoms with Gasteiger partial charge in [-0.1, -0.05) is 37.3 Å². The predicted octanol–water partition coefficient (Wildman–Crippen LogP) is 6.12. The molecule has 5 nitrogen and oxygen atoms in total. The van der Waals surface area contributed by atoms with Crippen molar-refractivity contribution in [3.8, 4) is 5.75 Å². The number of fused-ring (bicyclic) bond motifs is 1. The summed E-state index contributed by atoms with van der Waals surface area (Å²) in [7, 11) is 0. The molecule has 0 saturated heterocycles. The lowest BCUT2D eigenvalue weighted by atomic mass is 10.1. The molecule has 3 aromatic rings. The molecule has 0 atom stereocenters. The molecule has 0 radical (unpaired) electrons. The van der Waals surface area contributed by atoms with Gasteiger partial charge in [-0.2, -0.15) is 13.2 Å². The van der Waals surface area contributed by atoms with Crippen molar-refractivity contribution in [1.82, 2.24) is 9.88 Å². The number of aromatic nitrogens is 1. The highest BCUT2D eigenvalue weighted by atomic mass is 35.5. The van der Waals surface area contributed by atoms with Crippen LogP contribution in [-0.4, -0.2) is 48.6 Å². The Morgan fingerprint density at radius 1 is 1.06 bits per heavy atom. The quantitative estimate of drug-likeness (QED) is 0.354. The Hall–Kier alpha value is -2.36. The van der Waals surface area contributed by atoms with Gasteiger partial charge in [-0.25, -0.2) is 4.98 Å². The van der Waals surface area contributed by atoms with Crippen molar-refractivity contribution in [3.05, 3.63) is 53.6 Å². The fraction of sp³-hybridized carbons (Fsp3) is 0.391. The maximum absolute atomic E-state index is 13.4. The molecule has 0 unspecified atom stereocenters. The predicted molar refractivity (Wildman–Crippen MR) is 129 cm³/mol. The third kappa shape index (κ3) is 6.37. The molecule has 10 heteroatoms. The summed E-state index contributed by atoms with van der Waals surface area (Å²) in [5.41, 5.74) is -0.238. The number of carbonyl (C=O) groups excluding carboxylic acids is 1. The van der Waals surface area contributed by atoms with Crippen LogP contribution in [0.2, 0.25) is 0 Å². The number of thiazole rings is 1. The summed E-state index contributed by atoms with van der Waals surface area (Å²) in [5, 5.41) is 0.432. The van der Waals surface area contributed by atoms with Gasteiger partial charge in [0, 0.05) is 18.7 Å². The van der Waals surface area contributed by atoms with E-state index in [1.165, 1.54) is 28.4 Å². The van der Waals surface area contributed by atoms with Gasteiger partial charge in [0.25, 0.3) is 5.91 Å². The van der Waals surface area contributed by atoms with Crippen LogP contribution in [0.3, 0.4) is 0 Å². The molecule has 0 N–H and O–H groups in total. The molecular weight excluding hydrogens is 475 g/mol. The molecule has 0 spiro atoms. The van der Waals surface area contributed by atoms with Gasteiger partial charge in [-0.05, 0) is 50.3 Å². The van der Waals surface area contributed by atoms with Crippen LogP contribution in [0.15, 0.2) is 42.5 Å². The lowest BCUT2D eigenvalue weighted by molar-refractivity contribution is -0.137. The van der Waals surface area contributed by atoms with E-state index < -0.39 is 17.6 Å². The molecule has 1 heterocycles. The number of para-hydroxylation sites is 1. The third-order valence-electron chi connectivity index (χ3n) is 5.12. The zero-order valence-corrected chi connectivity index (χ0v) is 20.3. The topological polar surface area (TPSA) is 45.7 Å². The first kappa shape index (κ1) is 26.9. The summed E-state index contributed by atoms with van der Waals surface area (Å²) < 4.78 is 46.1. The number of likely N-dealkylation sites (N-methyl/N-ethyl adjacent to an activating group) is 1. The normalized spacial score (nSPS) is 11.5. The number of alkyl halides is 3. The highest BCUT2D eigenvalue weighted by Gasteiger charge is 2.32. The maximum atomic E-state index is 13.4. The molecule has 0 fully saturated rings. The first-order chi connectivity index (χ1) is 15.3. The van der Waals surface area contributed by atoms with E-state index >= 15 is 0 Å². The van der Waals surface area contributed by atoms with Crippen LogP contribution in [-0.2, 0) is 6.18 Å². The molecule has 3 rings (SSSR count). The van der Waals surface area contributed by atoms with E-state index in [4.69, 9.17) is 4.74 Å². The number of nitrogens with zero attached hydrogens (tertiary/aromatic N) is 3. The minimum absolute atomic E-state index is 0.